The van der Waals surface area contributed by atoms with Crippen LogP contribution in [0.5, 0.6) is 5.75 Å². The lowest BCUT2D eigenvalue weighted by atomic mass is 9.83. The van der Waals surface area contributed by atoms with Gasteiger partial charge < -0.3 is 10.0 Å². The molecule has 0 bridgehead atoms. The number of anilines is 1. The van der Waals surface area contributed by atoms with E-state index in [2.05, 4.69) is 71.6 Å². The number of fused-ring (bicyclic) bond motifs is 3. The van der Waals surface area contributed by atoms with E-state index in [9.17, 15) is 5.11 Å². The number of rotatable bonds is 2. The number of phenols is 1. The van der Waals surface area contributed by atoms with E-state index >= 15 is 0 Å². The second kappa shape index (κ2) is 6.34. The maximum absolute atomic E-state index is 10.7. The Morgan fingerprint density at radius 1 is 1.12 bits per heavy atom. The van der Waals surface area contributed by atoms with Crippen LogP contribution < -0.4 is 4.90 Å². The van der Waals surface area contributed by atoms with Gasteiger partial charge in [0.25, 0.3) is 0 Å². The molecule has 0 spiro atoms. The molecule has 26 heavy (non-hydrogen) atoms. The summed E-state index contributed by atoms with van der Waals surface area (Å²) >= 11 is 6.80. The zero-order valence-electron chi connectivity index (χ0n) is 17.2. The monoisotopic (exact) mass is 373 g/mol. The Bertz CT molecular complexity index is 829. The molecule has 0 saturated carbocycles. The second-order valence-electron chi connectivity index (χ2n) is 9.65. The third kappa shape index (κ3) is 3.17. The van der Waals surface area contributed by atoms with Crippen LogP contribution in [0.25, 0.3) is 10.8 Å². The normalized spacial score (nSPS) is 19.1. The molecule has 2 nitrogen and oxygen atoms in total. The molecule has 142 valence electrons. The smallest absolute Gasteiger partial charge is 0.125 e. The summed E-state index contributed by atoms with van der Waals surface area (Å²) in [5.74, 6) is 0.631. The van der Waals surface area contributed by atoms with Crippen LogP contribution in [-0.4, -0.2) is 22.6 Å². The highest BCUT2D eigenvalue weighted by molar-refractivity contribution is 6.21. The molecule has 0 aliphatic carbocycles. The largest absolute Gasteiger partial charge is 0.507 e. The molecule has 2 aromatic carbocycles. The molecule has 1 N–H and O–H groups in total. The average molecular weight is 374 g/mol. The molecule has 0 saturated heterocycles. The highest BCUT2D eigenvalue weighted by atomic mass is 35.5. The number of phenolic OH excluding ortho intramolecular Hbond substituents is 1. The Balaban J connectivity index is 2.34. The van der Waals surface area contributed by atoms with Crippen molar-refractivity contribution in [2.75, 3.05) is 11.4 Å². The van der Waals surface area contributed by atoms with Crippen LogP contribution in [0.4, 0.5) is 5.69 Å². The lowest BCUT2D eigenvalue weighted by molar-refractivity contribution is 0.478. The number of halogens is 1. The minimum Gasteiger partial charge on any atom is -0.507 e. The standard InChI is InChI=1S/C23H32ClNO/c1-8-18(24)17-13-25(23(5,6)7)19-12-20(26)15-10-9-14(22(2,3)4)11-16(15)21(17)19/h9-12,17-18,26H,8,13H2,1-7H3/t17-,18+/m0/s1. The van der Waals surface area contributed by atoms with E-state index in [1.54, 1.807) is 0 Å². The van der Waals surface area contributed by atoms with Crippen LogP contribution >= 0.6 is 11.6 Å². The van der Waals surface area contributed by atoms with Gasteiger partial charge in [-0.25, -0.2) is 0 Å². The third-order valence-electron chi connectivity index (χ3n) is 5.68. The first-order chi connectivity index (χ1) is 11.9. The summed E-state index contributed by atoms with van der Waals surface area (Å²) in [5, 5.41) is 12.9. The molecule has 0 aromatic heterocycles. The number of benzene rings is 2. The molecule has 1 aliphatic heterocycles. The van der Waals surface area contributed by atoms with Crippen molar-refractivity contribution in [3.63, 3.8) is 0 Å². The van der Waals surface area contributed by atoms with E-state index in [4.69, 9.17) is 11.6 Å². The van der Waals surface area contributed by atoms with Crippen molar-refractivity contribution in [3.05, 3.63) is 35.4 Å². The molecule has 3 heteroatoms. The number of alkyl halides is 1. The SMILES string of the molecule is CC[C@@H](Cl)[C@@H]1CN(C(C)(C)C)c2cc(O)c3ccc(C(C)(C)C)cc3c21. The third-order valence-corrected chi connectivity index (χ3v) is 6.29. The minimum atomic E-state index is -0.0182. The van der Waals surface area contributed by atoms with E-state index in [0.717, 1.165) is 29.4 Å². The summed E-state index contributed by atoms with van der Waals surface area (Å²) < 4.78 is 0. The predicted octanol–water partition coefficient (Wildman–Crippen LogP) is 6.56. The van der Waals surface area contributed by atoms with Gasteiger partial charge in [0, 0.05) is 40.5 Å². The predicted molar refractivity (Wildman–Crippen MR) is 114 cm³/mol. The van der Waals surface area contributed by atoms with Crippen molar-refractivity contribution in [2.45, 2.75) is 77.1 Å². The molecular formula is C23H32ClNO. The Morgan fingerprint density at radius 3 is 2.31 bits per heavy atom. The van der Waals surface area contributed by atoms with E-state index in [1.807, 2.05) is 6.07 Å². The summed E-state index contributed by atoms with van der Waals surface area (Å²) in [6.45, 7) is 16.4. The van der Waals surface area contributed by atoms with Gasteiger partial charge in [-0.2, -0.15) is 0 Å². The Morgan fingerprint density at radius 2 is 1.77 bits per heavy atom. The van der Waals surface area contributed by atoms with E-state index in [-0.39, 0.29) is 22.2 Å². The van der Waals surface area contributed by atoms with E-state index in [0.29, 0.717) is 5.75 Å². The van der Waals surface area contributed by atoms with Crippen molar-refractivity contribution >= 4 is 28.1 Å². The first kappa shape index (κ1) is 19.4. The molecule has 2 atom stereocenters. The zero-order chi connectivity index (χ0) is 19.4. The van der Waals surface area contributed by atoms with Gasteiger partial charge >= 0.3 is 0 Å². The highest BCUT2D eigenvalue weighted by Gasteiger charge is 2.39. The summed E-state index contributed by atoms with van der Waals surface area (Å²) in [6.07, 6.45) is 0.935. The topological polar surface area (TPSA) is 23.5 Å². The second-order valence-corrected chi connectivity index (χ2v) is 10.2. The van der Waals surface area contributed by atoms with Crippen LogP contribution in [0.2, 0.25) is 0 Å². The van der Waals surface area contributed by atoms with Crippen LogP contribution in [-0.2, 0) is 5.41 Å². The first-order valence-corrected chi connectivity index (χ1v) is 10.1. The molecule has 1 heterocycles. The minimum absolute atomic E-state index is 0.0182. The molecule has 3 rings (SSSR count). The van der Waals surface area contributed by atoms with Crippen LogP contribution in [0, 0.1) is 0 Å². The lowest BCUT2D eigenvalue weighted by Crippen LogP contribution is -2.41. The number of aromatic hydroxyl groups is 1. The number of nitrogens with zero attached hydrogens (tertiary/aromatic N) is 1. The average Bonchev–Trinajstić information content (AvgIpc) is 2.92. The van der Waals surface area contributed by atoms with Crippen molar-refractivity contribution in [3.8, 4) is 5.75 Å². The molecule has 0 radical (unpaired) electrons. The van der Waals surface area contributed by atoms with Gasteiger partial charge in [0.05, 0.1) is 0 Å². The van der Waals surface area contributed by atoms with Gasteiger partial charge in [0.15, 0.2) is 0 Å². The van der Waals surface area contributed by atoms with Crippen molar-refractivity contribution in [2.24, 2.45) is 0 Å². The van der Waals surface area contributed by atoms with Gasteiger partial charge in [-0.1, -0.05) is 45.9 Å². The fourth-order valence-electron chi connectivity index (χ4n) is 4.09. The summed E-state index contributed by atoms with van der Waals surface area (Å²) in [4.78, 5) is 2.40. The fraction of sp³-hybridized carbons (Fsp3) is 0.565. The number of hydrogen-bond donors (Lipinski definition) is 1. The van der Waals surface area contributed by atoms with Gasteiger partial charge in [0.1, 0.15) is 5.75 Å². The number of hydrogen-bond acceptors (Lipinski definition) is 2. The van der Waals surface area contributed by atoms with E-state index in [1.165, 1.54) is 11.1 Å². The summed E-state index contributed by atoms with van der Waals surface area (Å²) in [7, 11) is 0. The van der Waals surface area contributed by atoms with E-state index < -0.39 is 0 Å². The first-order valence-electron chi connectivity index (χ1n) is 9.67. The summed E-state index contributed by atoms with van der Waals surface area (Å²) in [6, 6.07) is 8.42. The quantitative estimate of drug-likeness (QED) is 0.602. The van der Waals surface area contributed by atoms with Gasteiger partial charge in [0.2, 0.25) is 0 Å². The van der Waals surface area contributed by atoms with Crippen molar-refractivity contribution in [1.82, 2.24) is 0 Å². The Kier molecular flexibility index (Phi) is 4.72. The maximum atomic E-state index is 10.7. The van der Waals surface area contributed by atoms with Crippen LogP contribution in [0.1, 0.15) is 71.9 Å². The molecule has 1 aliphatic rings. The molecule has 2 aromatic rings. The molecule has 0 fully saturated rings. The maximum Gasteiger partial charge on any atom is 0.125 e. The van der Waals surface area contributed by atoms with Gasteiger partial charge in [-0.3, -0.25) is 0 Å². The van der Waals surface area contributed by atoms with Crippen LogP contribution in [0.3, 0.4) is 0 Å². The molecule has 0 amide bonds. The molecule has 0 unspecified atom stereocenters. The van der Waals surface area contributed by atoms with Crippen LogP contribution in [0.15, 0.2) is 24.3 Å². The zero-order valence-corrected chi connectivity index (χ0v) is 17.9. The molecular weight excluding hydrogens is 342 g/mol. The van der Waals surface area contributed by atoms with Gasteiger partial charge in [-0.15, -0.1) is 11.6 Å². The van der Waals surface area contributed by atoms with Gasteiger partial charge in [-0.05, 0) is 49.1 Å². The van der Waals surface area contributed by atoms with Crippen molar-refractivity contribution in [1.29, 1.82) is 0 Å². The lowest BCUT2D eigenvalue weighted by Gasteiger charge is -2.35. The highest BCUT2D eigenvalue weighted by Crippen LogP contribution is 2.50. The Labute approximate surface area is 163 Å². The fourth-order valence-corrected chi connectivity index (χ4v) is 4.30. The van der Waals surface area contributed by atoms with Crippen molar-refractivity contribution < 1.29 is 5.11 Å². The summed E-state index contributed by atoms with van der Waals surface area (Å²) in [5.41, 5.74) is 3.78. The Hall–Kier alpha value is -1.41.